The molecular weight excluding hydrogens is 353 g/mol. The number of fused-ring (bicyclic) bond motifs is 1. The fraction of sp³-hybridized carbons (Fsp3) is 0.400. The van der Waals surface area contributed by atoms with E-state index in [1.807, 2.05) is 36.2 Å². The molecule has 0 saturated heterocycles. The smallest absolute Gasteiger partial charge is 0.130 e. The number of thioether (sulfide) groups is 2. The Balaban J connectivity index is 2.02. The van der Waals surface area contributed by atoms with E-state index >= 15 is 0 Å². The highest BCUT2D eigenvalue weighted by Crippen LogP contribution is 2.45. The molecule has 3 rings (SSSR count). The molecule has 0 saturated carbocycles. The molecule has 0 aromatic heterocycles. The number of phenols is 1. The first-order valence-corrected chi connectivity index (χ1v) is 10.9. The van der Waals surface area contributed by atoms with Crippen LogP contribution in [0.25, 0.3) is 0 Å². The summed E-state index contributed by atoms with van der Waals surface area (Å²) in [7, 11) is 0. The molecular formula is C20H24FNOS2. The molecule has 1 N–H and O–H groups in total. The Bertz CT molecular complexity index is 720. The van der Waals surface area contributed by atoms with Crippen LogP contribution in [0.4, 0.5) is 15.8 Å². The fourth-order valence-corrected chi connectivity index (χ4v) is 4.88. The summed E-state index contributed by atoms with van der Waals surface area (Å²) in [6, 6.07) is 10.7. The maximum absolute atomic E-state index is 13.4. The third kappa shape index (κ3) is 4.26. The second-order valence-electron chi connectivity index (χ2n) is 6.40. The van der Waals surface area contributed by atoms with Gasteiger partial charge in [0.2, 0.25) is 0 Å². The van der Waals surface area contributed by atoms with Crippen LogP contribution in [0.2, 0.25) is 0 Å². The molecule has 1 heterocycles. The van der Waals surface area contributed by atoms with Gasteiger partial charge in [-0.2, -0.15) is 0 Å². The van der Waals surface area contributed by atoms with E-state index < -0.39 is 0 Å². The maximum Gasteiger partial charge on any atom is 0.130 e. The lowest BCUT2D eigenvalue weighted by Gasteiger charge is -2.28. The van der Waals surface area contributed by atoms with Gasteiger partial charge in [-0.15, -0.1) is 23.5 Å². The van der Waals surface area contributed by atoms with Gasteiger partial charge in [-0.05, 0) is 55.0 Å². The molecule has 1 atom stereocenters. The van der Waals surface area contributed by atoms with Gasteiger partial charge < -0.3 is 10.0 Å². The van der Waals surface area contributed by atoms with E-state index in [1.165, 1.54) is 31.4 Å². The molecule has 1 aliphatic heterocycles. The van der Waals surface area contributed by atoms with Gasteiger partial charge in [0.05, 0.1) is 10.6 Å². The first kappa shape index (κ1) is 18.5. The number of halogens is 1. The predicted octanol–water partition coefficient (Wildman–Crippen LogP) is 6.30. The van der Waals surface area contributed by atoms with Crippen LogP contribution in [0.3, 0.4) is 0 Å². The standard InChI is InChI=1S/C20H24FNOS2/c1-3-4-5-14-12-22(16-8-6-15(21)7-9-16)17-10-20(24-2)18(23)11-19(17)25-13-14/h6-11,14,23H,3-5,12-13H2,1-2H3/t14-/m0/s1. The summed E-state index contributed by atoms with van der Waals surface area (Å²) in [4.78, 5) is 4.26. The van der Waals surface area contributed by atoms with E-state index in [1.54, 1.807) is 11.8 Å². The van der Waals surface area contributed by atoms with Crippen molar-refractivity contribution in [3.05, 3.63) is 42.2 Å². The Morgan fingerprint density at radius 3 is 2.72 bits per heavy atom. The van der Waals surface area contributed by atoms with Gasteiger partial charge in [0.25, 0.3) is 0 Å². The van der Waals surface area contributed by atoms with Gasteiger partial charge in [-0.3, -0.25) is 0 Å². The largest absolute Gasteiger partial charge is 0.507 e. The van der Waals surface area contributed by atoms with E-state index in [9.17, 15) is 9.50 Å². The lowest BCUT2D eigenvalue weighted by molar-refractivity contribution is 0.461. The molecule has 134 valence electrons. The summed E-state index contributed by atoms with van der Waals surface area (Å²) in [6.45, 7) is 3.14. The maximum atomic E-state index is 13.4. The SMILES string of the molecule is CCCC[C@@H]1CSc2cc(O)c(SC)cc2N(c2ccc(F)cc2)C1. The topological polar surface area (TPSA) is 23.5 Å². The summed E-state index contributed by atoms with van der Waals surface area (Å²) in [6.07, 6.45) is 5.58. The van der Waals surface area contributed by atoms with Crippen molar-refractivity contribution in [1.82, 2.24) is 0 Å². The first-order valence-electron chi connectivity index (χ1n) is 8.69. The zero-order chi connectivity index (χ0) is 17.8. The van der Waals surface area contributed by atoms with Crippen LogP contribution in [0.1, 0.15) is 26.2 Å². The number of unbranched alkanes of at least 4 members (excludes halogenated alkanes) is 1. The summed E-state index contributed by atoms with van der Waals surface area (Å²) in [5.74, 6) is 1.74. The van der Waals surface area contributed by atoms with Crippen molar-refractivity contribution >= 4 is 34.9 Å². The lowest BCUT2D eigenvalue weighted by Crippen LogP contribution is -2.25. The minimum Gasteiger partial charge on any atom is -0.507 e. The number of benzene rings is 2. The van der Waals surface area contributed by atoms with Gasteiger partial charge >= 0.3 is 0 Å². The molecule has 25 heavy (non-hydrogen) atoms. The highest BCUT2D eigenvalue weighted by atomic mass is 32.2. The summed E-state index contributed by atoms with van der Waals surface area (Å²) in [5.41, 5.74) is 2.11. The summed E-state index contributed by atoms with van der Waals surface area (Å²) >= 11 is 3.36. The molecule has 0 amide bonds. The number of hydrogen-bond donors (Lipinski definition) is 1. The lowest BCUT2D eigenvalue weighted by atomic mass is 10.0. The second kappa shape index (κ2) is 8.37. The average molecular weight is 378 g/mol. The molecule has 0 bridgehead atoms. The number of rotatable bonds is 5. The van der Waals surface area contributed by atoms with Crippen molar-refractivity contribution in [2.45, 2.75) is 36.0 Å². The quantitative estimate of drug-likeness (QED) is 0.617. The zero-order valence-electron chi connectivity index (χ0n) is 14.7. The van der Waals surface area contributed by atoms with E-state index in [-0.39, 0.29) is 5.82 Å². The van der Waals surface area contributed by atoms with Crippen molar-refractivity contribution in [2.24, 2.45) is 5.92 Å². The predicted molar refractivity (Wildman–Crippen MR) is 107 cm³/mol. The molecule has 2 aromatic rings. The fourth-order valence-electron chi connectivity index (χ4n) is 3.18. The van der Waals surface area contributed by atoms with Crippen molar-refractivity contribution in [3.8, 4) is 5.75 Å². The van der Waals surface area contributed by atoms with Crippen LogP contribution in [0.5, 0.6) is 5.75 Å². The van der Waals surface area contributed by atoms with Gasteiger partial charge in [0.15, 0.2) is 0 Å². The Hall–Kier alpha value is -1.33. The Kier molecular flexibility index (Phi) is 6.18. The molecule has 0 unspecified atom stereocenters. The molecule has 0 radical (unpaired) electrons. The summed E-state index contributed by atoms with van der Waals surface area (Å²) < 4.78 is 13.4. The molecule has 0 aliphatic carbocycles. The van der Waals surface area contributed by atoms with Crippen LogP contribution in [-0.4, -0.2) is 23.7 Å². The van der Waals surface area contributed by atoms with E-state index in [4.69, 9.17) is 0 Å². The summed E-state index contributed by atoms with van der Waals surface area (Å²) in [5, 5.41) is 10.3. The van der Waals surface area contributed by atoms with Crippen molar-refractivity contribution in [3.63, 3.8) is 0 Å². The minimum absolute atomic E-state index is 0.216. The van der Waals surface area contributed by atoms with Gasteiger partial charge in [0.1, 0.15) is 11.6 Å². The highest BCUT2D eigenvalue weighted by Gasteiger charge is 2.25. The van der Waals surface area contributed by atoms with Crippen LogP contribution in [-0.2, 0) is 0 Å². The number of phenolic OH excluding ortho intramolecular Hbond substituents is 1. The number of aromatic hydroxyl groups is 1. The van der Waals surface area contributed by atoms with E-state index in [0.29, 0.717) is 11.7 Å². The van der Waals surface area contributed by atoms with Crippen LogP contribution in [0, 0.1) is 11.7 Å². The third-order valence-corrected chi connectivity index (χ3v) is 6.61. The van der Waals surface area contributed by atoms with Gasteiger partial charge in [-0.25, -0.2) is 4.39 Å². The van der Waals surface area contributed by atoms with Crippen LogP contribution >= 0.6 is 23.5 Å². The molecule has 1 aliphatic rings. The number of anilines is 2. The van der Waals surface area contributed by atoms with Gasteiger partial charge in [-0.1, -0.05) is 19.8 Å². The van der Waals surface area contributed by atoms with Crippen molar-refractivity contribution < 1.29 is 9.50 Å². The van der Waals surface area contributed by atoms with Crippen LogP contribution in [0.15, 0.2) is 46.2 Å². The van der Waals surface area contributed by atoms with Crippen molar-refractivity contribution in [1.29, 1.82) is 0 Å². The highest BCUT2D eigenvalue weighted by molar-refractivity contribution is 7.99. The molecule has 5 heteroatoms. The van der Waals surface area contributed by atoms with Gasteiger partial charge in [0, 0.05) is 22.9 Å². The number of hydrogen-bond acceptors (Lipinski definition) is 4. The second-order valence-corrected chi connectivity index (χ2v) is 8.31. The first-order chi connectivity index (χ1) is 12.1. The van der Waals surface area contributed by atoms with Crippen LogP contribution < -0.4 is 4.90 Å². The normalized spacial score (nSPS) is 17.2. The minimum atomic E-state index is -0.216. The average Bonchev–Trinajstić information content (AvgIpc) is 2.79. The van der Waals surface area contributed by atoms with E-state index in [2.05, 4.69) is 17.9 Å². The number of nitrogens with zero attached hydrogens (tertiary/aromatic N) is 1. The zero-order valence-corrected chi connectivity index (χ0v) is 16.3. The van der Waals surface area contributed by atoms with Crippen molar-refractivity contribution in [2.75, 3.05) is 23.5 Å². The molecule has 0 fully saturated rings. The molecule has 2 nitrogen and oxygen atoms in total. The third-order valence-electron chi connectivity index (χ3n) is 4.57. The Morgan fingerprint density at radius 1 is 1.28 bits per heavy atom. The Labute approximate surface area is 157 Å². The monoisotopic (exact) mass is 377 g/mol. The molecule has 0 spiro atoms. The van der Waals surface area contributed by atoms with E-state index in [0.717, 1.165) is 33.5 Å². The molecule has 2 aromatic carbocycles. The Morgan fingerprint density at radius 2 is 2.04 bits per heavy atom.